The zero-order chi connectivity index (χ0) is 30.3. The molecule has 0 unspecified atom stereocenters. The molecule has 0 aliphatic carbocycles. The highest BCUT2D eigenvalue weighted by Crippen LogP contribution is 2.33. The zero-order valence-corrected chi connectivity index (χ0v) is 24.2. The van der Waals surface area contributed by atoms with Crippen molar-refractivity contribution in [2.75, 3.05) is 13.2 Å². The van der Waals surface area contributed by atoms with E-state index in [0.717, 1.165) is 51.4 Å². The molecule has 2 aliphatic rings. The first-order valence-corrected chi connectivity index (χ1v) is 15.0. The highest BCUT2D eigenvalue weighted by atomic mass is 16.7. The molecule has 2 aliphatic heterocycles. The Bertz CT molecular complexity index is 599. The van der Waals surface area contributed by atoms with Gasteiger partial charge in [0.15, 0.2) is 11.6 Å². The largest absolute Gasteiger partial charge is 0.394 e. The molecule has 0 aromatic rings. The standard InChI is InChI=1S/2C14H28O6/c2*1-2-3-4-5-6-7-8-14(19)13(18)12(17)11(16)10(9-15)20-14/h2*10-13,15-19H,2-9H2,1H3/t2*10-,11-,12+,13-,14+/m11/s1. The summed E-state index contributed by atoms with van der Waals surface area (Å²) in [6, 6.07) is 0. The van der Waals surface area contributed by atoms with E-state index in [1.807, 2.05) is 0 Å². The van der Waals surface area contributed by atoms with Crippen molar-refractivity contribution in [2.24, 2.45) is 0 Å². The average Bonchev–Trinajstić information content (AvgIpc) is 2.95. The Morgan fingerprint density at radius 3 is 1.07 bits per heavy atom. The molecule has 10 N–H and O–H groups in total. The first-order valence-electron chi connectivity index (χ1n) is 15.0. The van der Waals surface area contributed by atoms with Gasteiger partial charge >= 0.3 is 0 Å². The smallest absolute Gasteiger partial charge is 0.195 e. The average molecular weight is 585 g/mol. The third-order valence-corrected chi connectivity index (χ3v) is 7.88. The summed E-state index contributed by atoms with van der Waals surface area (Å²) in [7, 11) is 0. The monoisotopic (exact) mass is 584 g/mol. The Hall–Kier alpha value is -0.480. The number of ether oxygens (including phenoxy) is 2. The summed E-state index contributed by atoms with van der Waals surface area (Å²) in [5.41, 5.74) is 0. The summed E-state index contributed by atoms with van der Waals surface area (Å²) in [4.78, 5) is 0. The van der Waals surface area contributed by atoms with Crippen LogP contribution in [-0.4, -0.2) is 125 Å². The lowest BCUT2D eigenvalue weighted by atomic mass is 9.89. The van der Waals surface area contributed by atoms with Crippen molar-refractivity contribution in [3.63, 3.8) is 0 Å². The molecule has 40 heavy (non-hydrogen) atoms. The molecule has 0 aromatic carbocycles. The first-order chi connectivity index (χ1) is 18.9. The summed E-state index contributed by atoms with van der Waals surface area (Å²) < 4.78 is 10.4. The topological polar surface area (TPSA) is 221 Å². The lowest BCUT2D eigenvalue weighted by molar-refractivity contribution is -0.351. The molecular weight excluding hydrogens is 528 g/mol. The van der Waals surface area contributed by atoms with Gasteiger partial charge in [-0.3, -0.25) is 0 Å². The minimum Gasteiger partial charge on any atom is -0.394 e. The van der Waals surface area contributed by atoms with E-state index in [9.17, 15) is 40.9 Å². The molecule has 0 saturated carbocycles. The van der Waals surface area contributed by atoms with E-state index in [-0.39, 0.29) is 12.8 Å². The molecule has 2 saturated heterocycles. The Morgan fingerprint density at radius 2 is 0.775 bits per heavy atom. The molecule has 0 aromatic heterocycles. The molecule has 0 radical (unpaired) electrons. The summed E-state index contributed by atoms with van der Waals surface area (Å²) in [6.45, 7) is 3.22. The summed E-state index contributed by atoms with van der Waals surface area (Å²) in [6.07, 6.45) is 1.34. The predicted octanol–water partition coefficient (Wildman–Crippen LogP) is -0.201. The van der Waals surface area contributed by atoms with E-state index < -0.39 is 73.6 Å². The second-order valence-corrected chi connectivity index (χ2v) is 11.3. The van der Waals surface area contributed by atoms with Crippen LogP contribution in [0.25, 0.3) is 0 Å². The number of aliphatic hydroxyl groups is 10. The fourth-order valence-electron chi connectivity index (χ4n) is 5.17. The van der Waals surface area contributed by atoms with E-state index in [4.69, 9.17) is 19.7 Å². The molecule has 0 bridgehead atoms. The Morgan fingerprint density at radius 1 is 0.475 bits per heavy atom. The van der Waals surface area contributed by atoms with Gasteiger partial charge in [-0.05, 0) is 12.8 Å². The van der Waals surface area contributed by atoms with Gasteiger partial charge in [-0.25, -0.2) is 0 Å². The molecule has 240 valence electrons. The van der Waals surface area contributed by atoms with Crippen LogP contribution in [0, 0.1) is 0 Å². The summed E-state index contributed by atoms with van der Waals surface area (Å²) >= 11 is 0. The van der Waals surface area contributed by atoms with Crippen molar-refractivity contribution in [3.8, 4) is 0 Å². The van der Waals surface area contributed by atoms with Crippen LogP contribution in [0.4, 0.5) is 0 Å². The van der Waals surface area contributed by atoms with Crippen molar-refractivity contribution in [1.82, 2.24) is 0 Å². The van der Waals surface area contributed by atoms with Crippen LogP contribution >= 0.6 is 0 Å². The lowest BCUT2D eigenvalue weighted by Gasteiger charge is -2.45. The van der Waals surface area contributed by atoms with Gasteiger partial charge in [0.1, 0.15) is 48.8 Å². The SMILES string of the molecule is CCCCCCCC[C@]1(O)O[C@H](CO)[C@@H](O)[C@H](O)[C@H]1O.CCCCCCCC[C@]1(O)O[C@H](CO)[C@@H](O)[C@H](O)[C@H]1O. The van der Waals surface area contributed by atoms with Crippen LogP contribution in [0.1, 0.15) is 104 Å². The first kappa shape index (κ1) is 37.5. The maximum absolute atomic E-state index is 10.3. The molecule has 2 rings (SSSR count). The Kier molecular flexibility index (Phi) is 17.8. The van der Waals surface area contributed by atoms with E-state index in [0.29, 0.717) is 12.8 Å². The Balaban J connectivity index is 0.000000400. The number of hydrogen-bond donors (Lipinski definition) is 10. The highest BCUT2D eigenvalue weighted by molar-refractivity contribution is 4.96. The van der Waals surface area contributed by atoms with E-state index in [1.165, 1.54) is 12.8 Å². The second kappa shape index (κ2) is 18.9. The van der Waals surface area contributed by atoms with Gasteiger partial charge in [-0.15, -0.1) is 0 Å². The minimum absolute atomic E-state index is 0.167. The van der Waals surface area contributed by atoms with Gasteiger partial charge in [-0.2, -0.15) is 0 Å². The predicted molar refractivity (Wildman–Crippen MR) is 146 cm³/mol. The zero-order valence-electron chi connectivity index (χ0n) is 24.2. The van der Waals surface area contributed by atoms with Crippen LogP contribution in [0.3, 0.4) is 0 Å². The number of unbranched alkanes of at least 4 members (excludes halogenated alkanes) is 10. The Labute approximate surface area is 238 Å². The number of rotatable bonds is 16. The van der Waals surface area contributed by atoms with Crippen molar-refractivity contribution >= 4 is 0 Å². The van der Waals surface area contributed by atoms with Crippen molar-refractivity contribution in [1.29, 1.82) is 0 Å². The van der Waals surface area contributed by atoms with Gasteiger partial charge in [0.05, 0.1) is 13.2 Å². The maximum atomic E-state index is 10.3. The number of hydrogen-bond acceptors (Lipinski definition) is 12. The van der Waals surface area contributed by atoms with Gasteiger partial charge in [-0.1, -0.05) is 78.1 Å². The number of aliphatic hydroxyl groups excluding tert-OH is 8. The molecule has 0 amide bonds. The molecule has 12 heteroatoms. The van der Waals surface area contributed by atoms with Crippen LogP contribution in [0.15, 0.2) is 0 Å². The third kappa shape index (κ3) is 11.0. The third-order valence-electron chi connectivity index (χ3n) is 7.88. The summed E-state index contributed by atoms with van der Waals surface area (Å²) in [5, 5.41) is 97.0. The molecule has 12 nitrogen and oxygen atoms in total. The fourth-order valence-corrected chi connectivity index (χ4v) is 5.17. The van der Waals surface area contributed by atoms with E-state index >= 15 is 0 Å². The van der Waals surface area contributed by atoms with Crippen LogP contribution in [-0.2, 0) is 9.47 Å². The highest BCUT2D eigenvalue weighted by Gasteiger charge is 2.53. The van der Waals surface area contributed by atoms with Crippen molar-refractivity contribution in [3.05, 3.63) is 0 Å². The molecule has 0 spiro atoms. The molecular formula is C28H56O12. The van der Waals surface area contributed by atoms with Gasteiger partial charge < -0.3 is 60.5 Å². The normalized spacial score (nSPS) is 38.1. The molecule has 2 fully saturated rings. The quantitative estimate of drug-likeness (QED) is 0.107. The van der Waals surface area contributed by atoms with Crippen molar-refractivity contribution < 1.29 is 60.5 Å². The van der Waals surface area contributed by atoms with Crippen LogP contribution < -0.4 is 0 Å². The van der Waals surface area contributed by atoms with Gasteiger partial charge in [0, 0.05) is 12.8 Å². The molecule has 2 heterocycles. The van der Waals surface area contributed by atoms with Gasteiger partial charge in [0.2, 0.25) is 0 Å². The fraction of sp³-hybridized carbons (Fsp3) is 1.00. The minimum atomic E-state index is -1.91. The molecule has 10 atom stereocenters. The summed E-state index contributed by atoms with van der Waals surface area (Å²) in [5.74, 6) is -3.81. The van der Waals surface area contributed by atoms with Crippen LogP contribution in [0.2, 0.25) is 0 Å². The lowest BCUT2D eigenvalue weighted by Crippen LogP contribution is -2.65. The maximum Gasteiger partial charge on any atom is 0.195 e. The second-order valence-electron chi connectivity index (χ2n) is 11.3. The van der Waals surface area contributed by atoms with Gasteiger partial charge in [0.25, 0.3) is 0 Å². The van der Waals surface area contributed by atoms with E-state index in [2.05, 4.69) is 13.8 Å². The van der Waals surface area contributed by atoms with E-state index in [1.54, 1.807) is 0 Å². The van der Waals surface area contributed by atoms with Crippen LogP contribution in [0.5, 0.6) is 0 Å². The van der Waals surface area contributed by atoms with Crippen molar-refractivity contribution in [2.45, 2.75) is 164 Å².